The summed E-state index contributed by atoms with van der Waals surface area (Å²) in [5, 5.41) is 0. The molecule has 1 aliphatic heterocycles. The van der Waals surface area contributed by atoms with Crippen LogP contribution >= 0.6 is 0 Å². The lowest BCUT2D eigenvalue weighted by atomic mass is 9.95. The number of hydrogen-bond acceptors (Lipinski definition) is 4. The Bertz CT molecular complexity index is 960. The highest BCUT2D eigenvalue weighted by molar-refractivity contribution is 7.89. The van der Waals surface area contributed by atoms with Crippen LogP contribution in [-0.4, -0.2) is 62.8 Å². The maximum Gasteiger partial charge on any atom is 0.241 e. The van der Waals surface area contributed by atoms with Crippen molar-refractivity contribution in [1.82, 2.24) is 14.5 Å². The van der Waals surface area contributed by atoms with Gasteiger partial charge in [-0.05, 0) is 75.3 Å². The van der Waals surface area contributed by atoms with Crippen molar-refractivity contribution in [2.75, 3.05) is 32.7 Å². The molecule has 2 amide bonds. The number of sulfonamides is 1. The SMILES string of the molecule is Cc1c(C)c(C)c(S(=O)(=O)NCCC(=O)N2CCN(C(=O)C3CCCC3)CC2)c(C)c1C. The van der Waals surface area contributed by atoms with E-state index in [1.54, 1.807) is 4.90 Å². The Labute approximate surface area is 192 Å². The van der Waals surface area contributed by atoms with Crippen LogP contribution in [0.1, 0.15) is 59.9 Å². The van der Waals surface area contributed by atoms with E-state index in [1.165, 1.54) is 0 Å². The Morgan fingerprint density at radius 3 is 1.81 bits per heavy atom. The van der Waals surface area contributed by atoms with Gasteiger partial charge >= 0.3 is 0 Å². The predicted octanol–water partition coefficient (Wildman–Crippen LogP) is 2.76. The molecule has 0 unspecified atom stereocenters. The molecule has 0 bridgehead atoms. The van der Waals surface area contributed by atoms with Crippen LogP contribution < -0.4 is 4.72 Å². The second-order valence-electron chi connectivity index (χ2n) is 9.29. The Morgan fingerprint density at radius 1 is 0.812 bits per heavy atom. The Kier molecular flexibility index (Phi) is 7.65. The summed E-state index contributed by atoms with van der Waals surface area (Å²) in [6, 6.07) is 0. The first-order valence-electron chi connectivity index (χ1n) is 11.7. The number of hydrogen-bond donors (Lipinski definition) is 1. The minimum absolute atomic E-state index is 0.0627. The van der Waals surface area contributed by atoms with E-state index in [9.17, 15) is 18.0 Å². The number of piperazine rings is 1. The van der Waals surface area contributed by atoms with Crippen LogP contribution in [0.4, 0.5) is 0 Å². The third-order valence-electron chi connectivity index (χ3n) is 7.48. The van der Waals surface area contributed by atoms with Gasteiger partial charge in [-0.15, -0.1) is 0 Å². The molecule has 0 aromatic heterocycles. The van der Waals surface area contributed by atoms with Crippen molar-refractivity contribution in [3.8, 4) is 0 Å². The van der Waals surface area contributed by atoms with Crippen molar-refractivity contribution in [1.29, 1.82) is 0 Å². The van der Waals surface area contributed by atoms with Gasteiger partial charge in [0.25, 0.3) is 0 Å². The van der Waals surface area contributed by atoms with Gasteiger partial charge in [0.15, 0.2) is 0 Å². The van der Waals surface area contributed by atoms with Crippen LogP contribution in [0.15, 0.2) is 4.90 Å². The maximum atomic E-state index is 13.0. The van der Waals surface area contributed by atoms with E-state index >= 15 is 0 Å². The molecule has 1 saturated carbocycles. The lowest BCUT2D eigenvalue weighted by Crippen LogP contribution is -2.52. The van der Waals surface area contributed by atoms with Gasteiger partial charge < -0.3 is 9.80 Å². The van der Waals surface area contributed by atoms with Gasteiger partial charge in [0.1, 0.15) is 0 Å². The number of nitrogens with zero attached hydrogens (tertiary/aromatic N) is 2. The fourth-order valence-corrected chi connectivity index (χ4v) is 6.63. The first-order valence-corrected chi connectivity index (χ1v) is 13.2. The fraction of sp³-hybridized carbons (Fsp3) is 0.667. The number of carbonyl (C=O) groups excluding carboxylic acids is 2. The molecule has 32 heavy (non-hydrogen) atoms. The number of amides is 2. The van der Waals surface area contributed by atoms with E-state index in [1.807, 2.05) is 39.5 Å². The molecule has 2 fully saturated rings. The van der Waals surface area contributed by atoms with Crippen molar-refractivity contribution < 1.29 is 18.0 Å². The van der Waals surface area contributed by atoms with Gasteiger partial charge in [-0.2, -0.15) is 0 Å². The molecule has 0 spiro atoms. The minimum atomic E-state index is -3.71. The van der Waals surface area contributed by atoms with E-state index in [-0.39, 0.29) is 30.7 Å². The molecule has 8 heteroatoms. The summed E-state index contributed by atoms with van der Waals surface area (Å²) in [7, 11) is -3.71. The highest BCUT2D eigenvalue weighted by Crippen LogP contribution is 2.29. The molecule has 1 aromatic rings. The van der Waals surface area contributed by atoms with Crippen molar-refractivity contribution >= 4 is 21.8 Å². The zero-order chi connectivity index (χ0) is 23.6. The van der Waals surface area contributed by atoms with Crippen LogP contribution in [0, 0.1) is 40.5 Å². The summed E-state index contributed by atoms with van der Waals surface area (Å²) in [5.74, 6) is 0.315. The molecule has 3 rings (SSSR count). The Morgan fingerprint density at radius 2 is 1.28 bits per heavy atom. The standard InChI is InChI=1S/C24H37N3O4S/c1-16-17(2)19(4)23(20(5)18(16)3)32(30,31)25-11-10-22(28)26-12-14-27(15-13-26)24(29)21-8-6-7-9-21/h21,25H,6-15H2,1-5H3. The fourth-order valence-electron chi connectivity index (χ4n) is 5.00. The van der Waals surface area contributed by atoms with E-state index in [0.717, 1.165) is 53.5 Å². The van der Waals surface area contributed by atoms with Crippen LogP contribution in [0.25, 0.3) is 0 Å². The summed E-state index contributed by atoms with van der Waals surface area (Å²) >= 11 is 0. The largest absolute Gasteiger partial charge is 0.339 e. The topological polar surface area (TPSA) is 86.8 Å². The maximum absolute atomic E-state index is 13.0. The third-order valence-corrected chi connectivity index (χ3v) is 9.21. The highest BCUT2D eigenvalue weighted by Gasteiger charge is 2.30. The zero-order valence-electron chi connectivity index (χ0n) is 20.1. The molecule has 7 nitrogen and oxygen atoms in total. The number of nitrogens with one attached hydrogen (secondary N) is 1. The lowest BCUT2D eigenvalue weighted by Gasteiger charge is -2.36. The van der Waals surface area contributed by atoms with Crippen molar-refractivity contribution in [3.63, 3.8) is 0 Å². The van der Waals surface area contributed by atoms with Gasteiger partial charge in [0, 0.05) is 45.1 Å². The normalized spacial score (nSPS) is 17.8. The molecular formula is C24H37N3O4S. The summed E-state index contributed by atoms with van der Waals surface area (Å²) in [5.41, 5.74) is 4.59. The molecule has 2 aliphatic rings. The molecule has 1 heterocycles. The molecule has 178 valence electrons. The van der Waals surface area contributed by atoms with Crippen molar-refractivity contribution in [2.45, 2.75) is 71.6 Å². The summed E-state index contributed by atoms with van der Waals surface area (Å²) < 4.78 is 28.6. The second-order valence-corrected chi connectivity index (χ2v) is 11.0. The number of carbonyl (C=O) groups is 2. The summed E-state index contributed by atoms with van der Waals surface area (Å²) in [6.45, 7) is 11.8. The van der Waals surface area contributed by atoms with Gasteiger partial charge in [0.05, 0.1) is 4.90 Å². The van der Waals surface area contributed by atoms with Gasteiger partial charge in [-0.25, -0.2) is 13.1 Å². The first-order chi connectivity index (χ1) is 15.0. The molecule has 1 aliphatic carbocycles. The monoisotopic (exact) mass is 463 g/mol. The molecule has 0 radical (unpaired) electrons. The van der Waals surface area contributed by atoms with Crippen LogP contribution in [-0.2, 0) is 19.6 Å². The average Bonchev–Trinajstić information content (AvgIpc) is 3.30. The van der Waals surface area contributed by atoms with Crippen molar-refractivity contribution in [3.05, 3.63) is 27.8 Å². The molecule has 0 atom stereocenters. The van der Waals surface area contributed by atoms with Gasteiger partial charge in [-0.1, -0.05) is 12.8 Å². The van der Waals surface area contributed by atoms with E-state index in [4.69, 9.17) is 0 Å². The van der Waals surface area contributed by atoms with Gasteiger partial charge in [-0.3, -0.25) is 9.59 Å². The van der Waals surface area contributed by atoms with Gasteiger partial charge in [0.2, 0.25) is 21.8 Å². The molecule has 1 N–H and O–H groups in total. The molecule has 1 saturated heterocycles. The zero-order valence-corrected chi connectivity index (χ0v) is 20.9. The number of rotatable bonds is 6. The minimum Gasteiger partial charge on any atom is -0.339 e. The summed E-state index contributed by atoms with van der Waals surface area (Å²) in [4.78, 5) is 29.1. The molecule has 1 aromatic carbocycles. The smallest absolute Gasteiger partial charge is 0.241 e. The van der Waals surface area contributed by atoms with E-state index in [0.29, 0.717) is 31.1 Å². The highest BCUT2D eigenvalue weighted by atomic mass is 32.2. The third kappa shape index (κ3) is 5.01. The van der Waals surface area contributed by atoms with E-state index < -0.39 is 10.0 Å². The number of benzene rings is 1. The quantitative estimate of drug-likeness (QED) is 0.703. The Balaban J connectivity index is 1.53. The predicted molar refractivity (Wildman–Crippen MR) is 125 cm³/mol. The first kappa shape index (κ1) is 24.7. The van der Waals surface area contributed by atoms with Crippen LogP contribution in [0.2, 0.25) is 0 Å². The van der Waals surface area contributed by atoms with Crippen molar-refractivity contribution in [2.24, 2.45) is 5.92 Å². The van der Waals surface area contributed by atoms with E-state index in [2.05, 4.69) is 4.72 Å². The molecular weight excluding hydrogens is 426 g/mol. The lowest BCUT2D eigenvalue weighted by molar-refractivity contribution is -0.142. The second kappa shape index (κ2) is 9.91. The Hall–Kier alpha value is -1.93. The summed E-state index contributed by atoms with van der Waals surface area (Å²) in [6.07, 6.45) is 4.34. The average molecular weight is 464 g/mol. The van der Waals surface area contributed by atoms with Crippen LogP contribution in [0.3, 0.4) is 0 Å². The van der Waals surface area contributed by atoms with Crippen LogP contribution in [0.5, 0.6) is 0 Å².